The Hall–Kier alpha value is -1.20. The van der Waals surface area contributed by atoms with Crippen LogP contribution in [0.5, 0.6) is 0 Å². The van der Waals surface area contributed by atoms with Crippen LogP contribution in [0, 0.1) is 0 Å². The number of thiol groups is 1. The molecular weight excluding hydrogens is 388 g/mol. The van der Waals surface area contributed by atoms with Crippen molar-refractivity contribution in [3.63, 3.8) is 0 Å². The number of Topliss-reactive ketones (excluding diaryl/α,β-unsaturated/α-hetero) is 1. The summed E-state index contributed by atoms with van der Waals surface area (Å²) in [6.45, 7) is 7.06. The number of hydrogen-bond donors (Lipinski definition) is 3. The molecule has 0 aliphatic rings. The number of rotatable bonds is 19. The van der Waals surface area contributed by atoms with Gasteiger partial charge in [-0.05, 0) is 6.92 Å². The summed E-state index contributed by atoms with van der Waals surface area (Å²) in [5, 5.41) is 5.32. The highest BCUT2D eigenvalue weighted by Gasteiger charge is 2.14. The van der Waals surface area contributed by atoms with Gasteiger partial charge in [-0.25, -0.2) is 0 Å². The molecule has 0 aromatic carbocycles. The van der Waals surface area contributed by atoms with E-state index in [0.29, 0.717) is 59.2 Å². The smallest absolute Gasteiger partial charge is 0.222 e. The zero-order valence-corrected chi connectivity index (χ0v) is 17.8. The standard InChI is InChI=1S/C18H34N2O7S/c1-3-17(22)19-5-7-25-9-11-27-13-12-26-10-8-24-6-4-18(23)20-16(14-28)15(2)21/h16,28H,3-14H2,1-2H3,(H,19,22)(H,20,23). The highest BCUT2D eigenvalue weighted by atomic mass is 32.1. The Kier molecular flexibility index (Phi) is 18.3. The summed E-state index contributed by atoms with van der Waals surface area (Å²) in [5.74, 6) is -0.0639. The largest absolute Gasteiger partial charge is 0.379 e. The van der Waals surface area contributed by atoms with E-state index in [1.54, 1.807) is 6.92 Å². The minimum Gasteiger partial charge on any atom is -0.379 e. The van der Waals surface area contributed by atoms with Gasteiger partial charge in [-0.15, -0.1) is 0 Å². The zero-order valence-electron chi connectivity index (χ0n) is 16.9. The van der Waals surface area contributed by atoms with Gasteiger partial charge in [0.1, 0.15) is 0 Å². The maximum Gasteiger partial charge on any atom is 0.222 e. The quantitative estimate of drug-likeness (QED) is 0.198. The average Bonchev–Trinajstić information content (AvgIpc) is 2.68. The highest BCUT2D eigenvalue weighted by Crippen LogP contribution is 1.92. The van der Waals surface area contributed by atoms with Crippen molar-refractivity contribution in [1.82, 2.24) is 10.6 Å². The van der Waals surface area contributed by atoms with E-state index in [2.05, 4.69) is 23.3 Å². The number of nitrogens with one attached hydrogen (secondary N) is 2. The summed E-state index contributed by atoms with van der Waals surface area (Å²) >= 11 is 4.02. The van der Waals surface area contributed by atoms with Gasteiger partial charge >= 0.3 is 0 Å². The van der Waals surface area contributed by atoms with Crippen LogP contribution in [-0.4, -0.2) is 88.8 Å². The van der Waals surface area contributed by atoms with Crippen molar-refractivity contribution >= 4 is 30.2 Å². The number of carbonyl (C=O) groups excluding carboxylic acids is 3. The monoisotopic (exact) mass is 422 g/mol. The summed E-state index contributed by atoms with van der Waals surface area (Å²) in [5.41, 5.74) is 0. The normalized spacial score (nSPS) is 11.8. The first-order chi connectivity index (χ1) is 13.5. The van der Waals surface area contributed by atoms with E-state index < -0.39 is 6.04 Å². The van der Waals surface area contributed by atoms with Gasteiger partial charge in [0.15, 0.2) is 5.78 Å². The maximum atomic E-state index is 11.6. The van der Waals surface area contributed by atoms with Crippen LogP contribution in [0.4, 0.5) is 0 Å². The molecule has 0 aromatic rings. The zero-order chi connectivity index (χ0) is 21.0. The molecule has 0 fully saturated rings. The minimum absolute atomic E-state index is 0.0133. The second-order valence-electron chi connectivity index (χ2n) is 5.82. The highest BCUT2D eigenvalue weighted by molar-refractivity contribution is 7.80. The van der Waals surface area contributed by atoms with Crippen molar-refractivity contribution in [3.05, 3.63) is 0 Å². The van der Waals surface area contributed by atoms with Crippen LogP contribution in [0.25, 0.3) is 0 Å². The van der Waals surface area contributed by atoms with E-state index in [-0.39, 0.29) is 36.4 Å². The molecule has 0 rings (SSSR count). The Morgan fingerprint density at radius 3 is 1.79 bits per heavy atom. The van der Waals surface area contributed by atoms with Gasteiger partial charge in [-0.1, -0.05) is 6.92 Å². The lowest BCUT2D eigenvalue weighted by atomic mass is 10.2. The van der Waals surface area contributed by atoms with Gasteiger partial charge in [0.25, 0.3) is 0 Å². The Labute approximate surface area is 172 Å². The molecule has 1 unspecified atom stereocenters. The lowest BCUT2D eigenvalue weighted by Crippen LogP contribution is -2.41. The molecule has 0 saturated heterocycles. The topological polar surface area (TPSA) is 112 Å². The van der Waals surface area contributed by atoms with Crippen molar-refractivity contribution in [2.75, 3.05) is 65.2 Å². The lowest BCUT2D eigenvalue weighted by Gasteiger charge is -2.13. The third kappa shape index (κ3) is 16.9. The molecule has 2 amide bonds. The lowest BCUT2D eigenvalue weighted by molar-refractivity contribution is -0.127. The molecule has 0 radical (unpaired) electrons. The fraction of sp³-hybridized carbons (Fsp3) is 0.833. The van der Waals surface area contributed by atoms with Gasteiger partial charge in [-0.2, -0.15) is 12.6 Å². The molecule has 9 nitrogen and oxygen atoms in total. The number of carbonyl (C=O) groups is 3. The summed E-state index contributed by atoms with van der Waals surface area (Å²) in [6, 6.07) is -0.550. The molecule has 2 N–H and O–H groups in total. The van der Waals surface area contributed by atoms with E-state index in [4.69, 9.17) is 18.9 Å². The summed E-state index contributed by atoms with van der Waals surface area (Å²) < 4.78 is 21.3. The van der Waals surface area contributed by atoms with E-state index in [1.807, 2.05) is 0 Å². The van der Waals surface area contributed by atoms with Crippen molar-refractivity contribution in [3.8, 4) is 0 Å². The van der Waals surface area contributed by atoms with E-state index in [9.17, 15) is 14.4 Å². The second-order valence-corrected chi connectivity index (χ2v) is 6.18. The molecule has 0 spiro atoms. The van der Waals surface area contributed by atoms with Crippen LogP contribution in [0.2, 0.25) is 0 Å². The summed E-state index contributed by atoms with van der Waals surface area (Å²) in [4.78, 5) is 33.8. The third-order valence-electron chi connectivity index (χ3n) is 3.49. The molecule has 1 atom stereocenters. The van der Waals surface area contributed by atoms with Crippen LogP contribution in [-0.2, 0) is 33.3 Å². The van der Waals surface area contributed by atoms with E-state index in [0.717, 1.165) is 0 Å². The average molecular weight is 423 g/mol. The van der Waals surface area contributed by atoms with Gasteiger partial charge in [0.05, 0.1) is 58.9 Å². The van der Waals surface area contributed by atoms with Crippen LogP contribution >= 0.6 is 12.6 Å². The molecule has 28 heavy (non-hydrogen) atoms. The summed E-state index contributed by atoms with van der Waals surface area (Å²) in [6.07, 6.45) is 0.657. The third-order valence-corrected chi connectivity index (χ3v) is 3.85. The van der Waals surface area contributed by atoms with E-state index in [1.165, 1.54) is 6.92 Å². The first-order valence-corrected chi connectivity index (χ1v) is 10.1. The SMILES string of the molecule is CCC(=O)NCCOCCOCCOCCOCCC(=O)NC(CS)C(C)=O. The molecule has 0 bridgehead atoms. The van der Waals surface area contributed by atoms with Crippen LogP contribution < -0.4 is 10.6 Å². The predicted octanol–water partition coefficient (Wildman–Crippen LogP) is -0.0273. The van der Waals surface area contributed by atoms with Crippen molar-refractivity contribution in [2.45, 2.75) is 32.7 Å². The fourth-order valence-electron chi connectivity index (χ4n) is 1.86. The van der Waals surface area contributed by atoms with Gasteiger partial charge < -0.3 is 29.6 Å². The molecule has 0 aliphatic carbocycles. The summed E-state index contributed by atoms with van der Waals surface area (Å²) in [7, 11) is 0. The Morgan fingerprint density at radius 2 is 1.32 bits per heavy atom. The Bertz CT molecular complexity index is 438. The molecular formula is C18H34N2O7S. The molecule has 164 valence electrons. The van der Waals surface area contributed by atoms with Crippen molar-refractivity contribution in [1.29, 1.82) is 0 Å². The van der Waals surface area contributed by atoms with Crippen LogP contribution in [0.3, 0.4) is 0 Å². The first kappa shape index (κ1) is 26.8. The Morgan fingerprint density at radius 1 is 0.821 bits per heavy atom. The number of amides is 2. The van der Waals surface area contributed by atoms with Gasteiger partial charge in [0.2, 0.25) is 11.8 Å². The molecule has 10 heteroatoms. The van der Waals surface area contributed by atoms with Crippen LogP contribution in [0.15, 0.2) is 0 Å². The van der Waals surface area contributed by atoms with Crippen molar-refractivity contribution < 1.29 is 33.3 Å². The predicted molar refractivity (Wildman–Crippen MR) is 108 cm³/mol. The number of ketones is 1. The van der Waals surface area contributed by atoms with Gasteiger partial charge in [0, 0.05) is 25.1 Å². The first-order valence-electron chi connectivity index (χ1n) is 9.49. The molecule has 0 aliphatic heterocycles. The second kappa shape index (κ2) is 19.1. The molecule has 0 heterocycles. The van der Waals surface area contributed by atoms with Gasteiger partial charge in [-0.3, -0.25) is 14.4 Å². The van der Waals surface area contributed by atoms with Crippen molar-refractivity contribution in [2.24, 2.45) is 0 Å². The maximum absolute atomic E-state index is 11.6. The minimum atomic E-state index is -0.550. The van der Waals surface area contributed by atoms with E-state index >= 15 is 0 Å². The Balaban J connectivity index is 3.28. The number of hydrogen-bond acceptors (Lipinski definition) is 8. The number of ether oxygens (including phenoxy) is 4. The molecule has 0 saturated carbocycles. The molecule has 0 aromatic heterocycles. The fourth-order valence-corrected chi connectivity index (χ4v) is 2.21. The van der Waals surface area contributed by atoms with Crippen LogP contribution in [0.1, 0.15) is 26.7 Å².